The summed E-state index contributed by atoms with van der Waals surface area (Å²) in [6.07, 6.45) is 2.74. The van der Waals surface area contributed by atoms with Crippen molar-refractivity contribution >= 4 is 12.4 Å². The lowest BCUT2D eigenvalue weighted by Crippen LogP contribution is -1.78. The van der Waals surface area contributed by atoms with Crippen LogP contribution in [-0.2, 0) is 4.79 Å². The monoisotopic (exact) mass is 160 g/mol. The molecule has 0 saturated heterocycles. The zero-order chi connectivity index (χ0) is 8.97. The second kappa shape index (κ2) is 3.86. The first kappa shape index (κ1) is 8.72. The Morgan fingerprint density at radius 1 is 1.42 bits per heavy atom. The number of aryl methyl sites for hydroxylation is 1. The van der Waals surface area contributed by atoms with Crippen LogP contribution in [0, 0.1) is 6.92 Å². The molecule has 1 aromatic rings. The molecule has 1 aromatic carbocycles. The van der Waals surface area contributed by atoms with E-state index in [1.54, 1.807) is 6.92 Å². The maximum absolute atomic E-state index is 10.3. The fraction of sp³-hybridized carbons (Fsp3) is 0.182. The molecule has 0 unspecified atom stereocenters. The number of hydrogen-bond acceptors (Lipinski definition) is 1. The van der Waals surface area contributed by atoms with E-state index in [1.807, 2.05) is 37.3 Å². The smallest absolute Gasteiger partial charge is 0.145 e. The van der Waals surface area contributed by atoms with Gasteiger partial charge in [-0.2, -0.15) is 0 Å². The van der Waals surface area contributed by atoms with Crippen molar-refractivity contribution in [2.45, 2.75) is 13.8 Å². The first-order valence-corrected chi connectivity index (χ1v) is 3.92. The predicted octanol–water partition coefficient (Wildman–Crippen LogP) is 2.60. The van der Waals surface area contributed by atoms with Gasteiger partial charge in [-0.25, -0.2) is 0 Å². The first-order chi connectivity index (χ1) is 5.72. The van der Waals surface area contributed by atoms with Gasteiger partial charge in [0.1, 0.15) is 6.29 Å². The lowest BCUT2D eigenvalue weighted by atomic mass is 10.1. The van der Waals surface area contributed by atoms with E-state index >= 15 is 0 Å². The lowest BCUT2D eigenvalue weighted by Gasteiger charge is -1.95. The van der Waals surface area contributed by atoms with Gasteiger partial charge < -0.3 is 0 Å². The molecule has 12 heavy (non-hydrogen) atoms. The molecular formula is C11H12O. The summed E-state index contributed by atoms with van der Waals surface area (Å²) in [6, 6.07) is 8.06. The first-order valence-electron chi connectivity index (χ1n) is 3.92. The van der Waals surface area contributed by atoms with Crippen molar-refractivity contribution in [3.63, 3.8) is 0 Å². The average Bonchev–Trinajstić information content (AvgIpc) is 2.04. The summed E-state index contributed by atoms with van der Waals surface area (Å²) in [6.45, 7) is 3.84. The zero-order valence-corrected chi connectivity index (χ0v) is 7.37. The molecule has 0 spiro atoms. The Balaban J connectivity index is 2.97. The molecule has 0 bridgehead atoms. The molecule has 62 valence electrons. The van der Waals surface area contributed by atoms with E-state index < -0.39 is 0 Å². The molecule has 0 saturated carbocycles. The summed E-state index contributed by atoms with van der Waals surface area (Å²) in [4.78, 5) is 10.3. The van der Waals surface area contributed by atoms with Crippen LogP contribution >= 0.6 is 0 Å². The highest BCUT2D eigenvalue weighted by molar-refractivity contribution is 5.80. The third-order valence-electron chi connectivity index (χ3n) is 1.62. The van der Waals surface area contributed by atoms with Crippen molar-refractivity contribution in [2.75, 3.05) is 0 Å². The SMILES string of the molecule is C/C(C=O)=C/c1cccc(C)c1. The van der Waals surface area contributed by atoms with Gasteiger partial charge >= 0.3 is 0 Å². The molecule has 0 amide bonds. The minimum Gasteiger partial charge on any atom is -0.298 e. The fourth-order valence-corrected chi connectivity index (χ4v) is 1.06. The van der Waals surface area contributed by atoms with E-state index in [2.05, 4.69) is 0 Å². The van der Waals surface area contributed by atoms with Crippen LogP contribution < -0.4 is 0 Å². The Kier molecular flexibility index (Phi) is 2.81. The second-order valence-electron chi connectivity index (χ2n) is 2.92. The van der Waals surface area contributed by atoms with E-state index in [1.165, 1.54) is 5.56 Å². The number of aldehydes is 1. The highest BCUT2D eigenvalue weighted by Gasteiger charge is 1.89. The molecule has 0 aliphatic rings. The maximum atomic E-state index is 10.3. The van der Waals surface area contributed by atoms with Crippen molar-refractivity contribution < 1.29 is 4.79 Å². The average molecular weight is 160 g/mol. The Hall–Kier alpha value is -1.37. The Morgan fingerprint density at radius 3 is 2.75 bits per heavy atom. The number of carbonyl (C=O) groups excluding carboxylic acids is 1. The number of benzene rings is 1. The molecule has 1 nitrogen and oxygen atoms in total. The van der Waals surface area contributed by atoms with Crippen LogP contribution in [0.4, 0.5) is 0 Å². The largest absolute Gasteiger partial charge is 0.298 e. The summed E-state index contributed by atoms with van der Waals surface area (Å²) >= 11 is 0. The van der Waals surface area contributed by atoms with Crippen LogP contribution in [-0.4, -0.2) is 6.29 Å². The topological polar surface area (TPSA) is 17.1 Å². The highest BCUT2D eigenvalue weighted by atomic mass is 16.1. The van der Waals surface area contributed by atoms with Gasteiger partial charge in [-0.3, -0.25) is 4.79 Å². The van der Waals surface area contributed by atoms with Crippen LogP contribution in [0.1, 0.15) is 18.1 Å². The highest BCUT2D eigenvalue weighted by Crippen LogP contribution is 2.07. The molecule has 0 heterocycles. The number of hydrogen-bond donors (Lipinski definition) is 0. The molecule has 0 fully saturated rings. The summed E-state index contributed by atoms with van der Waals surface area (Å²) in [5, 5.41) is 0. The van der Waals surface area contributed by atoms with Crippen molar-refractivity contribution in [3.05, 3.63) is 41.0 Å². The van der Waals surface area contributed by atoms with Gasteiger partial charge in [-0.15, -0.1) is 0 Å². The summed E-state index contributed by atoms with van der Waals surface area (Å²) in [5.74, 6) is 0. The minimum atomic E-state index is 0.751. The van der Waals surface area contributed by atoms with Gasteiger partial charge in [0.2, 0.25) is 0 Å². The number of rotatable bonds is 2. The molecule has 0 aliphatic heterocycles. The molecule has 1 heteroatoms. The molecule has 0 aliphatic carbocycles. The molecule has 0 radical (unpaired) electrons. The van der Waals surface area contributed by atoms with E-state index in [-0.39, 0.29) is 0 Å². The van der Waals surface area contributed by atoms with E-state index in [0.29, 0.717) is 0 Å². The Morgan fingerprint density at radius 2 is 2.17 bits per heavy atom. The quantitative estimate of drug-likeness (QED) is 0.480. The standard InChI is InChI=1S/C11H12O/c1-9-4-3-5-11(6-9)7-10(2)8-12/h3-8H,1-2H3/b10-7-. The normalized spacial score (nSPS) is 11.3. The molecule has 0 N–H and O–H groups in total. The van der Waals surface area contributed by atoms with Crippen LogP contribution in [0.2, 0.25) is 0 Å². The fourth-order valence-electron chi connectivity index (χ4n) is 1.06. The second-order valence-corrected chi connectivity index (χ2v) is 2.92. The molecule has 0 atom stereocenters. The third kappa shape index (κ3) is 2.35. The van der Waals surface area contributed by atoms with E-state index in [0.717, 1.165) is 17.4 Å². The van der Waals surface area contributed by atoms with Crippen molar-refractivity contribution in [1.82, 2.24) is 0 Å². The van der Waals surface area contributed by atoms with Gasteiger partial charge in [0.05, 0.1) is 0 Å². The lowest BCUT2D eigenvalue weighted by molar-refractivity contribution is -0.104. The van der Waals surface area contributed by atoms with Crippen molar-refractivity contribution in [3.8, 4) is 0 Å². The van der Waals surface area contributed by atoms with Gasteiger partial charge in [-0.1, -0.05) is 29.8 Å². The van der Waals surface area contributed by atoms with Crippen LogP contribution in [0.25, 0.3) is 6.08 Å². The third-order valence-corrected chi connectivity index (χ3v) is 1.62. The molecule has 1 rings (SSSR count). The van der Waals surface area contributed by atoms with Crippen LogP contribution in [0.5, 0.6) is 0 Å². The van der Waals surface area contributed by atoms with Crippen LogP contribution in [0.15, 0.2) is 29.8 Å². The number of allylic oxidation sites excluding steroid dienone is 1. The zero-order valence-electron chi connectivity index (χ0n) is 7.37. The molecule has 0 aromatic heterocycles. The van der Waals surface area contributed by atoms with Gasteiger partial charge in [-0.05, 0) is 31.1 Å². The Labute approximate surface area is 72.7 Å². The van der Waals surface area contributed by atoms with Crippen LogP contribution in [0.3, 0.4) is 0 Å². The van der Waals surface area contributed by atoms with Gasteiger partial charge in [0, 0.05) is 0 Å². The maximum Gasteiger partial charge on any atom is 0.145 e. The summed E-state index contributed by atoms with van der Waals surface area (Å²) in [7, 11) is 0. The summed E-state index contributed by atoms with van der Waals surface area (Å²) < 4.78 is 0. The van der Waals surface area contributed by atoms with E-state index in [4.69, 9.17) is 0 Å². The summed E-state index contributed by atoms with van der Waals surface area (Å²) in [5.41, 5.74) is 3.04. The van der Waals surface area contributed by atoms with Crippen molar-refractivity contribution in [2.24, 2.45) is 0 Å². The Bertz CT molecular complexity index is 311. The predicted molar refractivity (Wildman–Crippen MR) is 50.9 cm³/mol. The number of carbonyl (C=O) groups is 1. The molecular weight excluding hydrogens is 148 g/mol. The van der Waals surface area contributed by atoms with Gasteiger partial charge in [0.25, 0.3) is 0 Å². The van der Waals surface area contributed by atoms with Crippen molar-refractivity contribution in [1.29, 1.82) is 0 Å². The van der Waals surface area contributed by atoms with E-state index in [9.17, 15) is 4.79 Å². The minimum absolute atomic E-state index is 0.751. The van der Waals surface area contributed by atoms with Gasteiger partial charge in [0.15, 0.2) is 0 Å².